The molecule has 0 aromatic heterocycles. The Morgan fingerprint density at radius 1 is 1.00 bits per heavy atom. The molecule has 2 aromatic carbocycles. The first kappa shape index (κ1) is 17.7. The van der Waals surface area contributed by atoms with E-state index in [2.05, 4.69) is 10.1 Å². The van der Waals surface area contributed by atoms with E-state index < -0.39 is 5.97 Å². The molecule has 0 heterocycles. The van der Waals surface area contributed by atoms with Crippen LogP contribution in [0.2, 0.25) is 5.02 Å². The van der Waals surface area contributed by atoms with E-state index in [-0.39, 0.29) is 30.1 Å². The number of halogens is 1. The van der Waals surface area contributed by atoms with E-state index in [4.69, 9.17) is 11.6 Å². The summed E-state index contributed by atoms with van der Waals surface area (Å²) in [6.45, 7) is 0. The van der Waals surface area contributed by atoms with Crippen LogP contribution in [-0.4, -0.2) is 24.8 Å². The molecule has 0 aliphatic rings. The number of Topliss-reactive ketones (excluding diaryl/α,β-unsaturated/α-hetero) is 1. The van der Waals surface area contributed by atoms with Crippen molar-refractivity contribution < 1.29 is 19.1 Å². The van der Waals surface area contributed by atoms with Crippen LogP contribution < -0.4 is 5.32 Å². The van der Waals surface area contributed by atoms with E-state index in [9.17, 15) is 14.4 Å². The molecule has 0 saturated heterocycles. The molecule has 5 nitrogen and oxygen atoms in total. The summed E-state index contributed by atoms with van der Waals surface area (Å²) in [5, 5.41) is 2.90. The van der Waals surface area contributed by atoms with Gasteiger partial charge in [-0.2, -0.15) is 0 Å². The fourth-order valence-electron chi connectivity index (χ4n) is 2.07. The summed E-state index contributed by atoms with van der Waals surface area (Å²) in [5.74, 6) is -0.996. The lowest BCUT2D eigenvalue weighted by Gasteiger charge is -2.09. The van der Waals surface area contributed by atoms with E-state index in [1.807, 2.05) is 6.07 Å². The van der Waals surface area contributed by atoms with Gasteiger partial charge in [-0.3, -0.25) is 9.59 Å². The first-order chi connectivity index (χ1) is 11.5. The zero-order chi connectivity index (χ0) is 17.5. The van der Waals surface area contributed by atoms with Crippen LogP contribution in [0.3, 0.4) is 0 Å². The van der Waals surface area contributed by atoms with Gasteiger partial charge < -0.3 is 10.1 Å². The van der Waals surface area contributed by atoms with Crippen LogP contribution in [0.15, 0.2) is 48.5 Å². The number of rotatable bonds is 6. The number of ketones is 1. The second-order valence-electron chi connectivity index (χ2n) is 5.02. The Kier molecular flexibility index (Phi) is 6.09. The van der Waals surface area contributed by atoms with E-state index >= 15 is 0 Å². The number of ether oxygens (including phenoxy) is 1. The molecule has 0 aliphatic carbocycles. The third-order valence-electron chi connectivity index (χ3n) is 3.34. The molecule has 0 radical (unpaired) electrons. The molecule has 24 heavy (non-hydrogen) atoms. The minimum atomic E-state index is -0.526. The van der Waals surface area contributed by atoms with Crippen LogP contribution >= 0.6 is 11.6 Å². The second-order valence-corrected chi connectivity index (χ2v) is 5.43. The summed E-state index contributed by atoms with van der Waals surface area (Å²) >= 11 is 6.01. The zero-order valence-electron chi connectivity index (χ0n) is 13.0. The molecule has 0 spiro atoms. The molecule has 0 atom stereocenters. The monoisotopic (exact) mass is 345 g/mol. The van der Waals surface area contributed by atoms with Gasteiger partial charge in [-0.05, 0) is 18.2 Å². The molecular formula is C18H16ClNO4. The first-order valence-corrected chi connectivity index (χ1v) is 7.65. The van der Waals surface area contributed by atoms with Crippen LogP contribution in [0, 0.1) is 0 Å². The molecule has 2 aromatic rings. The lowest BCUT2D eigenvalue weighted by molar-refractivity contribution is -0.116. The summed E-state index contributed by atoms with van der Waals surface area (Å²) in [4.78, 5) is 35.5. The Balaban J connectivity index is 1.97. The molecule has 1 N–H and O–H groups in total. The number of hydrogen-bond donors (Lipinski definition) is 1. The molecule has 0 bridgehead atoms. The smallest absolute Gasteiger partial charge is 0.337 e. The Hall–Kier alpha value is -2.66. The highest BCUT2D eigenvalue weighted by Gasteiger charge is 2.13. The minimum absolute atomic E-state index is 0.0203. The number of benzene rings is 2. The van der Waals surface area contributed by atoms with Crippen LogP contribution in [0.25, 0.3) is 0 Å². The van der Waals surface area contributed by atoms with Crippen LogP contribution in [-0.2, 0) is 9.53 Å². The van der Waals surface area contributed by atoms with E-state index in [0.29, 0.717) is 16.3 Å². The zero-order valence-corrected chi connectivity index (χ0v) is 13.8. The van der Waals surface area contributed by atoms with Crippen molar-refractivity contribution in [2.75, 3.05) is 12.4 Å². The third kappa shape index (κ3) is 4.67. The molecule has 2 rings (SSSR count). The van der Waals surface area contributed by atoms with Gasteiger partial charge in [0, 0.05) is 18.4 Å². The Morgan fingerprint density at radius 3 is 2.38 bits per heavy atom. The fourth-order valence-corrected chi connectivity index (χ4v) is 2.24. The maximum atomic E-state index is 12.0. The number of nitrogens with one attached hydrogen (secondary N) is 1. The standard InChI is InChI=1S/C18H16ClNO4/c1-24-18(23)13-7-8-14(19)15(11-13)20-17(22)10-9-16(21)12-5-3-2-4-6-12/h2-8,11H,9-10H2,1H3,(H,20,22). The average molecular weight is 346 g/mol. The van der Waals surface area contributed by atoms with E-state index in [1.54, 1.807) is 24.3 Å². The minimum Gasteiger partial charge on any atom is -0.465 e. The second kappa shape index (κ2) is 8.26. The molecule has 0 unspecified atom stereocenters. The van der Waals surface area contributed by atoms with Gasteiger partial charge in [-0.15, -0.1) is 0 Å². The molecule has 0 saturated carbocycles. The average Bonchev–Trinajstić information content (AvgIpc) is 2.61. The maximum absolute atomic E-state index is 12.0. The van der Waals surface area contributed by atoms with Crippen molar-refractivity contribution in [3.63, 3.8) is 0 Å². The normalized spacial score (nSPS) is 10.1. The number of methoxy groups -OCH3 is 1. The molecular weight excluding hydrogens is 330 g/mol. The van der Waals surface area contributed by atoms with Crippen molar-refractivity contribution in [2.45, 2.75) is 12.8 Å². The third-order valence-corrected chi connectivity index (χ3v) is 3.67. The largest absolute Gasteiger partial charge is 0.465 e. The van der Waals surface area contributed by atoms with Crippen LogP contribution in [0.4, 0.5) is 5.69 Å². The van der Waals surface area contributed by atoms with Gasteiger partial charge >= 0.3 is 5.97 Å². The SMILES string of the molecule is COC(=O)c1ccc(Cl)c(NC(=O)CCC(=O)c2ccccc2)c1. The van der Waals surface area contributed by atoms with E-state index in [0.717, 1.165) is 0 Å². The van der Waals surface area contributed by atoms with Crippen molar-refractivity contribution in [1.82, 2.24) is 0 Å². The maximum Gasteiger partial charge on any atom is 0.337 e. The Morgan fingerprint density at radius 2 is 1.71 bits per heavy atom. The van der Waals surface area contributed by atoms with Crippen molar-refractivity contribution >= 4 is 34.9 Å². The van der Waals surface area contributed by atoms with Gasteiger partial charge in [0.25, 0.3) is 0 Å². The Bertz CT molecular complexity index is 759. The number of carbonyl (C=O) groups is 3. The molecule has 0 aliphatic heterocycles. The van der Waals surface area contributed by atoms with Crippen LogP contribution in [0.5, 0.6) is 0 Å². The van der Waals surface area contributed by atoms with E-state index in [1.165, 1.54) is 25.3 Å². The summed E-state index contributed by atoms with van der Waals surface area (Å²) in [7, 11) is 1.27. The lowest BCUT2D eigenvalue weighted by Crippen LogP contribution is -2.14. The predicted octanol–water partition coefficient (Wildman–Crippen LogP) is 3.73. The highest BCUT2D eigenvalue weighted by atomic mass is 35.5. The van der Waals surface area contributed by atoms with Gasteiger partial charge in [0.05, 0.1) is 23.4 Å². The Labute approximate surface area is 144 Å². The van der Waals surface area contributed by atoms with Crippen molar-refractivity contribution in [1.29, 1.82) is 0 Å². The summed E-state index contributed by atoms with van der Waals surface area (Å²) in [5.41, 5.74) is 1.14. The van der Waals surface area contributed by atoms with Gasteiger partial charge in [-0.25, -0.2) is 4.79 Å². The highest BCUT2D eigenvalue weighted by Crippen LogP contribution is 2.23. The van der Waals surface area contributed by atoms with Gasteiger partial charge in [0.2, 0.25) is 5.91 Å². The number of amides is 1. The van der Waals surface area contributed by atoms with Crippen LogP contribution in [0.1, 0.15) is 33.6 Å². The highest BCUT2D eigenvalue weighted by molar-refractivity contribution is 6.33. The van der Waals surface area contributed by atoms with Gasteiger partial charge in [-0.1, -0.05) is 41.9 Å². The van der Waals surface area contributed by atoms with Crippen molar-refractivity contribution in [3.05, 3.63) is 64.7 Å². The number of esters is 1. The predicted molar refractivity (Wildman–Crippen MR) is 91.4 cm³/mol. The molecule has 124 valence electrons. The topological polar surface area (TPSA) is 72.5 Å². The number of carbonyl (C=O) groups excluding carboxylic acids is 3. The first-order valence-electron chi connectivity index (χ1n) is 7.27. The summed E-state index contributed by atoms with van der Waals surface area (Å²) in [6.07, 6.45) is 0.108. The number of hydrogen-bond acceptors (Lipinski definition) is 4. The molecule has 1 amide bonds. The fraction of sp³-hybridized carbons (Fsp3) is 0.167. The lowest BCUT2D eigenvalue weighted by atomic mass is 10.1. The molecule has 6 heteroatoms. The van der Waals surface area contributed by atoms with Crippen molar-refractivity contribution in [3.8, 4) is 0 Å². The quantitative estimate of drug-likeness (QED) is 0.639. The number of anilines is 1. The van der Waals surface area contributed by atoms with Gasteiger partial charge in [0.15, 0.2) is 5.78 Å². The molecule has 0 fully saturated rings. The summed E-state index contributed by atoms with van der Waals surface area (Å²) in [6, 6.07) is 13.2. The van der Waals surface area contributed by atoms with Crippen molar-refractivity contribution in [2.24, 2.45) is 0 Å². The summed E-state index contributed by atoms with van der Waals surface area (Å²) < 4.78 is 4.62. The van der Waals surface area contributed by atoms with Gasteiger partial charge in [0.1, 0.15) is 0 Å².